The zero-order chi connectivity index (χ0) is 13.8. The van der Waals surface area contributed by atoms with Crippen molar-refractivity contribution in [3.63, 3.8) is 0 Å². The lowest BCUT2D eigenvalue weighted by atomic mass is 10.2. The summed E-state index contributed by atoms with van der Waals surface area (Å²) in [6, 6.07) is -1.06. The van der Waals surface area contributed by atoms with Gasteiger partial charge in [0.1, 0.15) is 11.6 Å². The average molecular weight is 255 g/mol. The number of aliphatic carboxylic acids is 1. The van der Waals surface area contributed by atoms with Crippen LogP contribution in [0.1, 0.15) is 20.8 Å². The predicted molar refractivity (Wildman–Crippen MR) is 63.0 cm³/mol. The lowest BCUT2D eigenvalue weighted by Crippen LogP contribution is -2.45. The van der Waals surface area contributed by atoms with Crippen LogP contribution in [0.25, 0.3) is 0 Å². The summed E-state index contributed by atoms with van der Waals surface area (Å²) in [5.41, 5.74) is -0.665. The maximum atomic E-state index is 11.5. The van der Waals surface area contributed by atoms with Crippen LogP contribution in [0.2, 0.25) is 0 Å². The van der Waals surface area contributed by atoms with E-state index in [0.717, 1.165) is 0 Å². The molecule has 0 radical (unpaired) electrons. The second kappa shape index (κ2) is 5.52. The van der Waals surface area contributed by atoms with E-state index in [9.17, 15) is 9.59 Å². The molecule has 7 heteroatoms. The highest BCUT2D eigenvalue weighted by molar-refractivity contribution is 5.79. The molecule has 0 aromatic carbocycles. The first-order chi connectivity index (χ1) is 8.28. The van der Waals surface area contributed by atoms with Crippen LogP contribution in [-0.2, 0) is 16.1 Å². The molecule has 0 saturated heterocycles. The van der Waals surface area contributed by atoms with E-state index >= 15 is 0 Å². The van der Waals surface area contributed by atoms with Crippen molar-refractivity contribution in [1.29, 1.82) is 0 Å². The summed E-state index contributed by atoms with van der Waals surface area (Å²) >= 11 is 0. The zero-order valence-electron chi connectivity index (χ0n) is 10.6. The third-order valence-corrected chi connectivity index (χ3v) is 1.94. The molecule has 0 aliphatic rings. The molecule has 0 spiro atoms. The number of alkyl carbamates (subject to hydrolysis) is 1. The summed E-state index contributed by atoms with van der Waals surface area (Å²) in [7, 11) is 0. The van der Waals surface area contributed by atoms with Gasteiger partial charge < -0.3 is 19.7 Å². The van der Waals surface area contributed by atoms with E-state index in [1.54, 1.807) is 31.5 Å². The van der Waals surface area contributed by atoms with E-state index in [-0.39, 0.29) is 6.54 Å². The van der Waals surface area contributed by atoms with Gasteiger partial charge in [-0.3, -0.25) is 0 Å². The van der Waals surface area contributed by atoms with E-state index < -0.39 is 23.7 Å². The van der Waals surface area contributed by atoms with Gasteiger partial charge in [-0.2, -0.15) is 0 Å². The number of carboxylic acid groups (broad SMARTS) is 1. The lowest BCUT2D eigenvalue weighted by molar-refractivity contribution is -0.139. The molecule has 7 nitrogen and oxygen atoms in total. The van der Waals surface area contributed by atoms with Gasteiger partial charge in [-0.15, -0.1) is 0 Å². The Balaban J connectivity index is 2.58. The summed E-state index contributed by atoms with van der Waals surface area (Å²) in [6.07, 6.45) is 3.88. The predicted octanol–water partition coefficient (Wildman–Crippen LogP) is 0.861. The van der Waals surface area contributed by atoms with Crippen LogP contribution in [0.15, 0.2) is 18.7 Å². The van der Waals surface area contributed by atoms with Gasteiger partial charge in [-0.25, -0.2) is 14.6 Å². The molecule has 100 valence electrons. The first-order valence-electron chi connectivity index (χ1n) is 5.46. The quantitative estimate of drug-likeness (QED) is 0.832. The van der Waals surface area contributed by atoms with Crippen molar-refractivity contribution in [2.45, 2.75) is 39.0 Å². The van der Waals surface area contributed by atoms with Gasteiger partial charge in [-0.1, -0.05) is 0 Å². The van der Waals surface area contributed by atoms with Crippen molar-refractivity contribution >= 4 is 12.1 Å². The molecule has 1 aromatic heterocycles. The standard InChI is InChI=1S/C11H17N3O4/c1-11(2,3)18-10(17)13-8(9(15)16)6-14-5-4-12-7-14/h4-5,7-8H,6H2,1-3H3,(H,13,17)(H,15,16)/t8-/m0/s1. The van der Waals surface area contributed by atoms with Gasteiger partial charge in [0.15, 0.2) is 0 Å². The Kier molecular flexibility index (Phi) is 4.30. The van der Waals surface area contributed by atoms with E-state index in [2.05, 4.69) is 10.3 Å². The van der Waals surface area contributed by atoms with Crippen molar-refractivity contribution in [3.05, 3.63) is 18.7 Å². The lowest BCUT2D eigenvalue weighted by Gasteiger charge is -2.22. The number of hydrogen-bond acceptors (Lipinski definition) is 4. The van der Waals surface area contributed by atoms with Gasteiger partial charge in [0.2, 0.25) is 0 Å². The molecule has 1 aromatic rings. The van der Waals surface area contributed by atoms with Crippen molar-refractivity contribution in [2.24, 2.45) is 0 Å². The number of carbonyl (C=O) groups is 2. The number of rotatable bonds is 4. The molecular formula is C11H17N3O4. The van der Waals surface area contributed by atoms with Gasteiger partial charge in [0, 0.05) is 12.4 Å². The minimum atomic E-state index is -1.13. The van der Waals surface area contributed by atoms with Gasteiger partial charge >= 0.3 is 12.1 Å². The molecule has 1 atom stereocenters. The van der Waals surface area contributed by atoms with Crippen LogP contribution < -0.4 is 5.32 Å². The summed E-state index contributed by atoms with van der Waals surface area (Å²) in [4.78, 5) is 26.3. The van der Waals surface area contributed by atoms with Crippen molar-refractivity contribution in [2.75, 3.05) is 0 Å². The molecule has 0 bridgehead atoms. The van der Waals surface area contributed by atoms with E-state index in [4.69, 9.17) is 9.84 Å². The second-order valence-electron chi connectivity index (χ2n) is 4.80. The third-order valence-electron chi connectivity index (χ3n) is 1.94. The smallest absolute Gasteiger partial charge is 0.408 e. The maximum Gasteiger partial charge on any atom is 0.408 e. The van der Waals surface area contributed by atoms with Crippen molar-refractivity contribution in [3.8, 4) is 0 Å². The molecule has 0 aliphatic carbocycles. The van der Waals surface area contributed by atoms with E-state index in [0.29, 0.717) is 0 Å². The summed E-state index contributed by atoms with van der Waals surface area (Å²) < 4.78 is 6.56. The second-order valence-corrected chi connectivity index (χ2v) is 4.80. The van der Waals surface area contributed by atoms with Crippen LogP contribution >= 0.6 is 0 Å². The molecule has 1 heterocycles. The van der Waals surface area contributed by atoms with E-state index in [1.165, 1.54) is 12.5 Å². The molecule has 0 unspecified atom stereocenters. The normalized spacial score (nSPS) is 12.8. The summed E-state index contributed by atoms with van der Waals surface area (Å²) in [5.74, 6) is -1.13. The Labute approximate surface area is 105 Å². The Bertz CT molecular complexity index is 408. The Morgan fingerprint density at radius 3 is 2.61 bits per heavy atom. The van der Waals surface area contributed by atoms with Gasteiger partial charge in [-0.05, 0) is 20.8 Å². The molecule has 0 fully saturated rings. The number of carboxylic acids is 1. The van der Waals surface area contributed by atoms with Gasteiger partial charge in [0.05, 0.1) is 12.9 Å². The van der Waals surface area contributed by atoms with Crippen molar-refractivity contribution < 1.29 is 19.4 Å². The fourth-order valence-electron chi connectivity index (χ4n) is 1.24. The van der Waals surface area contributed by atoms with Crippen LogP contribution in [-0.4, -0.2) is 38.4 Å². The fourth-order valence-corrected chi connectivity index (χ4v) is 1.24. The van der Waals surface area contributed by atoms with Crippen LogP contribution in [0.5, 0.6) is 0 Å². The zero-order valence-corrected chi connectivity index (χ0v) is 10.6. The monoisotopic (exact) mass is 255 g/mol. The van der Waals surface area contributed by atoms with Crippen LogP contribution in [0.4, 0.5) is 4.79 Å². The van der Waals surface area contributed by atoms with Gasteiger partial charge in [0.25, 0.3) is 0 Å². The SMILES string of the molecule is CC(C)(C)OC(=O)N[C@@H](Cn1ccnc1)C(=O)O. The molecule has 18 heavy (non-hydrogen) atoms. The number of aromatic nitrogens is 2. The number of carbonyl (C=O) groups excluding carboxylic acids is 1. The number of nitrogens with zero attached hydrogens (tertiary/aromatic N) is 2. The molecule has 1 amide bonds. The number of ether oxygens (including phenoxy) is 1. The number of amides is 1. The minimum Gasteiger partial charge on any atom is -0.480 e. The minimum absolute atomic E-state index is 0.0918. The summed E-state index contributed by atoms with van der Waals surface area (Å²) in [6.45, 7) is 5.21. The number of nitrogens with one attached hydrogen (secondary N) is 1. The largest absolute Gasteiger partial charge is 0.480 e. The first kappa shape index (κ1) is 14.0. The Hall–Kier alpha value is -2.05. The molecule has 0 aliphatic heterocycles. The first-order valence-corrected chi connectivity index (χ1v) is 5.46. The Morgan fingerprint density at radius 2 is 2.17 bits per heavy atom. The third kappa shape index (κ3) is 4.86. The highest BCUT2D eigenvalue weighted by Gasteiger charge is 2.24. The number of hydrogen-bond donors (Lipinski definition) is 2. The average Bonchev–Trinajstić information content (AvgIpc) is 2.66. The number of imidazole rings is 1. The van der Waals surface area contributed by atoms with Crippen LogP contribution in [0, 0.1) is 0 Å². The topological polar surface area (TPSA) is 93.5 Å². The highest BCUT2D eigenvalue weighted by Crippen LogP contribution is 2.07. The molecular weight excluding hydrogens is 238 g/mol. The van der Waals surface area contributed by atoms with E-state index in [1.807, 2.05) is 0 Å². The summed E-state index contributed by atoms with van der Waals surface area (Å²) in [5, 5.41) is 11.3. The van der Waals surface area contributed by atoms with Crippen LogP contribution in [0.3, 0.4) is 0 Å². The highest BCUT2D eigenvalue weighted by atomic mass is 16.6. The van der Waals surface area contributed by atoms with Crippen molar-refractivity contribution in [1.82, 2.24) is 14.9 Å². The molecule has 2 N–H and O–H groups in total. The molecule has 0 saturated carbocycles. The molecule has 1 rings (SSSR count). The Morgan fingerprint density at radius 1 is 1.50 bits per heavy atom. The maximum absolute atomic E-state index is 11.5. The fraction of sp³-hybridized carbons (Fsp3) is 0.545.